The molecular weight excluding hydrogens is 369 g/mol. The fourth-order valence-corrected chi connectivity index (χ4v) is 3.12. The summed E-state index contributed by atoms with van der Waals surface area (Å²) in [5, 5.41) is 10.1. The Morgan fingerprint density at radius 2 is 2.04 bits per heavy atom. The summed E-state index contributed by atoms with van der Waals surface area (Å²) in [4.78, 5) is 12.5. The van der Waals surface area contributed by atoms with Crippen LogP contribution in [-0.2, 0) is 9.71 Å². The first-order chi connectivity index (χ1) is 12.8. The van der Waals surface area contributed by atoms with E-state index in [0.717, 1.165) is 0 Å². The largest absolute Gasteiger partial charge is 0.496 e. The van der Waals surface area contributed by atoms with E-state index in [1.54, 1.807) is 24.3 Å². The van der Waals surface area contributed by atoms with Gasteiger partial charge >= 0.3 is 0 Å². The lowest BCUT2D eigenvalue weighted by Gasteiger charge is -2.09. The molecule has 0 aliphatic rings. The highest BCUT2D eigenvalue weighted by Crippen LogP contribution is 2.28. The Bertz CT molecular complexity index is 1090. The maximum atomic E-state index is 13.6. The molecular formula is C18H18FN5O2S. The number of hydrogen-bond acceptors (Lipinski definition) is 6. The lowest BCUT2D eigenvalue weighted by Crippen LogP contribution is -2.13. The summed E-state index contributed by atoms with van der Waals surface area (Å²) in [6, 6.07) is 11.3. The first-order valence-electron chi connectivity index (χ1n) is 7.86. The second-order valence-corrected chi connectivity index (χ2v) is 7.98. The number of ether oxygens (including phenoxy) is 1. The van der Waals surface area contributed by atoms with Crippen molar-refractivity contribution in [3.8, 4) is 17.1 Å². The summed E-state index contributed by atoms with van der Waals surface area (Å²) in [6.07, 6.45) is 2.78. The van der Waals surface area contributed by atoms with Crippen LogP contribution in [0.2, 0.25) is 0 Å². The third-order valence-corrected chi connectivity index (χ3v) is 4.23. The highest BCUT2D eigenvalue weighted by atomic mass is 32.2. The van der Waals surface area contributed by atoms with E-state index in [9.17, 15) is 8.60 Å². The van der Waals surface area contributed by atoms with Gasteiger partial charge in [-0.05, 0) is 35.9 Å². The summed E-state index contributed by atoms with van der Waals surface area (Å²) in [6.45, 7) is 0. The van der Waals surface area contributed by atoms with Crippen LogP contribution < -0.4 is 15.2 Å². The molecule has 3 N–H and O–H groups in total. The topological polar surface area (TPSA) is 103 Å². The molecule has 1 atom stereocenters. The minimum absolute atomic E-state index is 0.269. The molecule has 27 heavy (non-hydrogen) atoms. The van der Waals surface area contributed by atoms with Crippen molar-refractivity contribution in [1.82, 2.24) is 15.0 Å². The molecule has 1 unspecified atom stereocenters. The van der Waals surface area contributed by atoms with Crippen LogP contribution in [0.4, 0.5) is 16.0 Å². The lowest BCUT2D eigenvalue weighted by molar-refractivity contribution is 0.415. The van der Waals surface area contributed by atoms with Gasteiger partial charge < -0.3 is 10.1 Å². The zero-order valence-corrected chi connectivity index (χ0v) is 15.5. The number of halogens is 1. The molecule has 0 saturated carbocycles. The fraction of sp³-hybridized carbons (Fsp3) is 0.111. The molecule has 3 rings (SSSR count). The third kappa shape index (κ3) is 4.99. The quantitative estimate of drug-likeness (QED) is 0.652. The van der Waals surface area contributed by atoms with Crippen LogP contribution in [0, 0.1) is 5.82 Å². The van der Waals surface area contributed by atoms with Gasteiger partial charge in [-0.25, -0.2) is 14.4 Å². The van der Waals surface area contributed by atoms with E-state index in [0.29, 0.717) is 22.6 Å². The number of nitrogens with zero attached hydrogens (tertiary/aromatic N) is 3. The Morgan fingerprint density at radius 1 is 1.22 bits per heavy atom. The molecule has 2 aromatic carbocycles. The lowest BCUT2D eigenvalue weighted by atomic mass is 10.2. The zero-order valence-electron chi connectivity index (χ0n) is 14.7. The van der Waals surface area contributed by atoms with Gasteiger partial charge in [-0.15, -0.1) is 0 Å². The summed E-state index contributed by atoms with van der Waals surface area (Å²) in [5.74, 6) is 0.568. The molecule has 9 heteroatoms. The Labute approximate surface area is 156 Å². The van der Waals surface area contributed by atoms with Crippen molar-refractivity contribution < 1.29 is 13.3 Å². The van der Waals surface area contributed by atoms with E-state index in [1.807, 2.05) is 0 Å². The molecule has 0 fully saturated rings. The number of hydrogen-bond donors (Lipinski definition) is 2. The molecule has 0 aliphatic carbocycles. The molecule has 3 aromatic rings. The van der Waals surface area contributed by atoms with E-state index >= 15 is 0 Å². The molecule has 0 bridgehead atoms. The predicted octanol–water partition coefficient (Wildman–Crippen LogP) is 2.37. The third-order valence-electron chi connectivity index (χ3n) is 3.49. The average Bonchev–Trinajstić information content (AvgIpc) is 2.61. The van der Waals surface area contributed by atoms with E-state index in [4.69, 9.17) is 9.88 Å². The van der Waals surface area contributed by atoms with Gasteiger partial charge in [0.15, 0.2) is 5.82 Å². The van der Waals surface area contributed by atoms with Crippen LogP contribution in [0.15, 0.2) is 48.8 Å². The summed E-state index contributed by atoms with van der Waals surface area (Å²) < 4.78 is 30.6. The number of anilines is 2. The number of aromatic nitrogens is 3. The molecule has 1 heterocycles. The molecule has 140 valence electrons. The van der Waals surface area contributed by atoms with Crippen molar-refractivity contribution in [2.75, 3.05) is 18.7 Å². The number of rotatable bonds is 5. The van der Waals surface area contributed by atoms with Crippen LogP contribution in [0.3, 0.4) is 0 Å². The molecule has 0 amide bonds. The summed E-state index contributed by atoms with van der Waals surface area (Å²) >= 11 is 0. The van der Waals surface area contributed by atoms with Crippen molar-refractivity contribution >= 4 is 26.7 Å². The van der Waals surface area contributed by atoms with Gasteiger partial charge in [0.1, 0.15) is 17.9 Å². The maximum Gasteiger partial charge on any atom is 0.230 e. The molecule has 0 spiro atoms. The van der Waals surface area contributed by atoms with Crippen LogP contribution >= 0.6 is 0 Å². The normalized spacial score (nSPS) is 12.9. The number of nitrogens with one attached hydrogen (secondary N) is 1. The van der Waals surface area contributed by atoms with Gasteiger partial charge in [-0.3, -0.25) is 9.35 Å². The number of benzene rings is 2. The molecule has 1 aromatic heterocycles. The van der Waals surface area contributed by atoms with E-state index in [1.165, 1.54) is 43.3 Å². The Kier molecular flexibility index (Phi) is 5.33. The maximum absolute atomic E-state index is 13.6. The Morgan fingerprint density at radius 3 is 2.78 bits per heavy atom. The molecule has 0 radical (unpaired) electrons. The standard InChI is InChI=1S/C18H18FN5O2S/c1-26-16-7-6-13(19)9-15(16)17-21-11-22-18(24-17)23-14-5-3-4-12(8-14)10-27(2,20)25/h3-11H,1-2H3,(H2,20,25)(H,21,22,23,24). The predicted molar refractivity (Wildman–Crippen MR) is 105 cm³/mol. The van der Waals surface area contributed by atoms with Crippen molar-refractivity contribution in [3.63, 3.8) is 0 Å². The van der Waals surface area contributed by atoms with Crippen LogP contribution in [0.1, 0.15) is 5.56 Å². The van der Waals surface area contributed by atoms with Crippen LogP contribution in [-0.4, -0.2) is 37.9 Å². The smallest absolute Gasteiger partial charge is 0.230 e. The SMILES string of the molecule is COc1ccc(F)cc1-c1ncnc(Nc2cccc(C=S(C)(N)=O)c2)n1. The van der Waals surface area contributed by atoms with Crippen LogP contribution in [0.5, 0.6) is 5.75 Å². The van der Waals surface area contributed by atoms with Crippen molar-refractivity contribution in [2.24, 2.45) is 5.14 Å². The average molecular weight is 387 g/mol. The first-order valence-corrected chi connectivity index (χ1v) is 9.95. The van der Waals surface area contributed by atoms with Gasteiger partial charge in [0.2, 0.25) is 5.95 Å². The highest BCUT2D eigenvalue weighted by molar-refractivity contribution is 7.98. The summed E-state index contributed by atoms with van der Waals surface area (Å²) in [7, 11) is -1.03. The Balaban J connectivity index is 1.93. The number of nitrogens with two attached hydrogens (primary N) is 1. The monoisotopic (exact) mass is 387 g/mol. The Hall–Kier alpha value is -3.04. The zero-order chi connectivity index (χ0) is 19.4. The van der Waals surface area contributed by atoms with E-state index in [2.05, 4.69) is 20.3 Å². The first kappa shape index (κ1) is 18.7. The van der Waals surface area contributed by atoms with Gasteiger partial charge in [-0.2, -0.15) is 4.98 Å². The van der Waals surface area contributed by atoms with Gasteiger partial charge in [0.25, 0.3) is 0 Å². The second-order valence-electron chi connectivity index (χ2n) is 5.81. The van der Waals surface area contributed by atoms with Crippen LogP contribution in [0.25, 0.3) is 11.4 Å². The molecule has 0 saturated heterocycles. The van der Waals surface area contributed by atoms with E-state index < -0.39 is 15.5 Å². The van der Waals surface area contributed by atoms with Gasteiger partial charge in [-0.1, -0.05) is 12.1 Å². The minimum Gasteiger partial charge on any atom is -0.496 e. The molecule has 0 aliphatic heterocycles. The van der Waals surface area contributed by atoms with E-state index in [-0.39, 0.29) is 11.8 Å². The van der Waals surface area contributed by atoms with Gasteiger partial charge in [0, 0.05) is 27.0 Å². The summed E-state index contributed by atoms with van der Waals surface area (Å²) in [5.41, 5.74) is 1.80. The second kappa shape index (κ2) is 7.68. The van der Waals surface area contributed by atoms with Gasteiger partial charge in [0.05, 0.1) is 12.7 Å². The van der Waals surface area contributed by atoms with Crippen molar-refractivity contribution in [2.45, 2.75) is 0 Å². The fourth-order valence-electron chi connectivity index (χ4n) is 2.43. The minimum atomic E-state index is -2.51. The highest BCUT2D eigenvalue weighted by Gasteiger charge is 2.11. The number of methoxy groups -OCH3 is 1. The molecule has 7 nitrogen and oxygen atoms in total. The van der Waals surface area contributed by atoms with Crippen molar-refractivity contribution in [3.05, 3.63) is 60.2 Å². The van der Waals surface area contributed by atoms with Crippen molar-refractivity contribution in [1.29, 1.82) is 0 Å².